The highest BCUT2D eigenvalue weighted by atomic mass is 16.6. The van der Waals surface area contributed by atoms with E-state index < -0.39 is 16.8 Å². The minimum atomic E-state index is -1.01. The summed E-state index contributed by atoms with van der Waals surface area (Å²) in [7, 11) is 1.37. The normalized spacial score (nSPS) is 10.5. The SMILES string of the molecule is COc1cc(C(=O)N(CCC(=O)O)CC(C)C)cc([N+](=O)[O-])c1C. The van der Waals surface area contributed by atoms with Gasteiger partial charge in [-0.25, -0.2) is 0 Å². The molecular weight excluding hydrogens is 316 g/mol. The van der Waals surface area contributed by atoms with Crippen LogP contribution in [-0.2, 0) is 4.79 Å². The molecular formula is C16H22N2O6. The van der Waals surface area contributed by atoms with E-state index in [1.807, 2.05) is 13.8 Å². The second-order valence-corrected chi connectivity index (χ2v) is 5.87. The monoisotopic (exact) mass is 338 g/mol. The van der Waals surface area contributed by atoms with Crippen LogP contribution in [0.1, 0.15) is 36.2 Å². The van der Waals surface area contributed by atoms with Gasteiger partial charge in [0.2, 0.25) is 0 Å². The number of benzene rings is 1. The van der Waals surface area contributed by atoms with E-state index in [2.05, 4.69) is 0 Å². The van der Waals surface area contributed by atoms with Crippen LogP contribution in [0.15, 0.2) is 12.1 Å². The zero-order valence-electron chi connectivity index (χ0n) is 14.2. The van der Waals surface area contributed by atoms with Crippen LogP contribution in [0.3, 0.4) is 0 Å². The number of nitrogens with zero attached hydrogens (tertiary/aromatic N) is 2. The fourth-order valence-electron chi connectivity index (χ4n) is 2.33. The van der Waals surface area contributed by atoms with Gasteiger partial charge in [0, 0.05) is 19.2 Å². The summed E-state index contributed by atoms with van der Waals surface area (Å²) in [5, 5.41) is 20.0. The van der Waals surface area contributed by atoms with E-state index in [1.165, 1.54) is 24.1 Å². The lowest BCUT2D eigenvalue weighted by Crippen LogP contribution is -2.36. The molecule has 0 radical (unpaired) electrons. The molecule has 132 valence electrons. The van der Waals surface area contributed by atoms with Gasteiger partial charge in [-0.2, -0.15) is 0 Å². The third-order valence-corrected chi connectivity index (χ3v) is 3.46. The molecule has 1 rings (SSSR count). The second kappa shape index (κ2) is 8.28. The number of hydrogen-bond donors (Lipinski definition) is 1. The number of methoxy groups -OCH3 is 1. The van der Waals surface area contributed by atoms with Crippen molar-refractivity contribution in [3.8, 4) is 5.75 Å². The number of rotatable bonds is 8. The van der Waals surface area contributed by atoms with E-state index in [1.54, 1.807) is 6.92 Å². The highest BCUT2D eigenvalue weighted by molar-refractivity contribution is 5.96. The predicted molar refractivity (Wildman–Crippen MR) is 87.4 cm³/mol. The summed E-state index contributed by atoms with van der Waals surface area (Å²) in [6, 6.07) is 2.65. The van der Waals surface area contributed by atoms with Gasteiger partial charge in [-0.15, -0.1) is 0 Å². The summed E-state index contributed by atoms with van der Waals surface area (Å²) in [5.74, 6) is -1.09. The number of carboxylic acid groups (broad SMARTS) is 1. The Morgan fingerprint density at radius 3 is 2.46 bits per heavy atom. The van der Waals surface area contributed by atoms with Crippen molar-refractivity contribution in [1.82, 2.24) is 4.90 Å². The minimum absolute atomic E-state index is 0.0380. The van der Waals surface area contributed by atoms with Crippen molar-refractivity contribution in [1.29, 1.82) is 0 Å². The van der Waals surface area contributed by atoms with Crippen molar-refractivity contribution >= 4 is 17.6 Å². The van der Waals surface area contributed by atoms with Gasteiger partial charge >= 0.3 is 5.97 Å². The number of nitro groups is 1. The molecule has 0 aromatic heterocycles. The van der Waals surface area contributed by atoms with Crippen LogP contribution in [-0.4, -0.2) is 47.0 Å². The molecule has 0 bridgehead atoms. The third kappa shape index (κ3) is 4.94. The minimum Gasteiger partial charge on any atom is -0.496 e. The van der Waals surface area contributed by atoms with E-state index >= 15 is 0 Å². The molecule has 1 amide bonds. The van der Waals surface area contributed by atoms with E-state index in [4.69, 9.17) is 9.84 Å². The number of nitro benzene ring substituents is 1. The number of aliphatic carboxylic acids is 1. The first-order valence-corrected chi connectivity index (χ1v) is 7.51. The molecule has 0 aliphatic carbocycles. The van der Waals surface area contributed by atoms with Crippen LogP contribution in [0, 0.1) is 23.0 Å². The van der Waals surface area contributed by atoms with Gasteiger partial charge < -0.3 is 14.7 Å². The summed E-state index contributed by atoms with van der Waals surface area (Å²) in [6.45, 7) is 5.74. The highest BCUT2D eigenvalue weighted by Gasteiger charge is 2.24. The van der Waals surface area contributed by atoms with E-state index in [9.17, 15) is 19.7 Å². The average Bonchev–Trinajstić information content (AvgIpc) is 2.50. The molecule has 1 aromatic rings. The first-order valence-electron chi connectivity index (χ1n) is 7.51. The zero-order chi connectivity index (χ0) is 18.4. The maximum atomic E-state index is 12.7. The topological polar surface area (TPSA) is 110 Å². The van der Waals surface area contributed by atoms with E-state index in [0.717, 1.165) is 0 Å². The van der Waals surface area contributed by atoms with Crippen LogP contribution in [0.5, 0.6) is 5.75 Å². The van der Waals surface area contributed by atoms with Crippen molar-refractivity contribution in [2.24, 2.45) is 5.92 Å². The zero-order valence-corrected chi connectivity index (χ0v) is 14.2. The number of ether oxygens (including phenoxy) is 1. The Morgan fingerprint density at radius 2 is 2.00 bits per heavy atom. The van der Waals surface area contributed by atoms with Crippen molar-refractivity contribution in [2.45, 2.75) is 27.2 Å². The molecule has 0 aliphatic rings. The third-order valence-electron chi connectivity index (χ3n) is 3.46. The molecule has 0 atom stereocenters. The second-order valence-electron chi connectivity index (χ2n) is 5.87. The van der Waals surface area contributed by atoms with Crippen LogP contribution < -0.4 is 4.74 Å². The number of amides is 1. The molecule has 0 saturated carbocycles. The Bertz CT molecular complexity index is 642. The molecule has 0 fully saturated rings. The molecule has 0 aliphatic heterocycles. The molecule has 8 heteroatoms. The summed E-state index contributed by atoms with van der Waals surface area (Å²) in [4.78, 5) is 35.5. The van der Waals surface area contributed by atoms with Crippen LogP contribution in [0.4, 0.5) is 5.69 Å². The van der Waals surface area contributed by atoms with Crippen molar-refractivity contribution < 1.29 is 24.4 Å². The molecule has 1 aromatic carbocycles. The Labute approximate surface area is 140 Å². The van der Waals surface area contributed by atoms with E-state index in [-0.39, 0.29) is 35.9 Å². The summed E-state index contributed by atoms with van der Waals surface area (Å²) in [6.07, 6.45) is -0.191. The van der Waals surface area contributed by atoms with Crippen molar-refractivity contribution in [3.05, 3.63) is 33.4 Å². The lowest BCUT2D eigenvalue weighted by atomic mass is 10.1. The van der Waals surface area contributed by atoms with E-state index in [0.29, 0.717) is 12.1 Å². The van der Waals surface area contributed by atoms with Gasteiger partial charge in [0.1, 0.15) is 5.75 Å². The quantitative estimate of drug-likeness (QED) is 0.576. The lowest BCUT2D eigenvalue weighted by molar-refractivity contribution is -0.385. The van der Waals surface area contributed by atoms with Crippen LogP contribution >= 0.6 is 0 Å². The predicted octanol–water partition coefficient (Wildman–Crippen LogP) is 2.48. The first kappa shape index (κ1) is 19.4. The van der Waals surface area contributed by atoms with Crippen molar-refractivity contribution in [2.75, 3.05) is 20.2 Å². The van der Waals surface area contributed by atoms with Gasteiger partial charge in [0.25, 0.3) is 11.6 Å². The smallest absolute Gasteiger partial charge is 0.305 e. The fourth-order valence-corrected chi connectivity index (χ4v) is 2.33. The van der Waals surface area contributed by atoms with Crippen molar-refractivity contribution in [3.63, 3.8) is 0 Å². The van der Waals surface area contributed by atoms with Gasteiger partial charge in [-0.1, -0.05) is 13.8 Å². The number of carbonyl (C=O) groups excluding carboxylic acids is 1. The summed E-state index contributed by atoms with van der Waals surface area (Å²) < 4.78 is 5.12. The molecule has 1 N–H and O–H groups in total. The maximum Gasteiger partial charge on any atom is 0.305 e. The highest BCUT2D eigenvalue weighted by Crippen LogP contribution is 2.30. The Morgan fingerprint density at radius 1 is 1.38 bits per heavy atom. The number of carboxylic acids is 1. The molecule has 0 saturated heterocycles. The first-order chi connectivity index (χ1) is 11.2. The van der Waals surface area contributed by atoms with Gasteiger partial charge in [-0.3, -0.25) is 19.7 Å². The molecule has 24 heavy (non-hydrogen) atoms. The molecule has 0 spiro atoms. The largest absolute Gasteiger partial charge is 0.496 e. The average molecular weight is 338 g/mol. The van der Waals surface area contributed by atoms with Gasteiger partial charge in [0.05, 0.1) is 29.6 Å². The lowest BCUT2D eigenvalue weighted by Gasteiger charge is -2.24. The maximum absolute atomic E-state index is 12.7. The molecule has 8 nitrogen and oxygen atoms in total. The Balaban J connectivity index is 3.23. The number of hydrogen-bond acceptors (Lipinski definition) is 5. The fraction of sp³-hybridized carbons (Fsp3) is 0.500. The molecule has 0 unspecified atom stereocenters. The Kier molecular flexibility index (Phi) is 6.69. The van der Waals surface area contributed by atoms with Gasteiger partial charge in [0.15, 0.2) is 0 Å². The summed E-state index contributed by atoms with van der Waals surface area (Å²) >= 11 is 0. The van der Waals surface area contributed by atoms with Crippen LogP contribution in [0.25, 0.3) is 0 Å². The summed E-state index contributed by atoms with van der Waals surface area (Å²) in [5.41, 5.74) is 0.232. The Hall–Kier alpha value is -2.64. The van der Waals surface area contributed by atoms with Gasteiger partial charge in [-0.05, 0) is 18.9 Å². The standard InChI is InChI=1S/C16H22N2O6/c1-10(2)9-17(6-5-15(19)20)16(21)12-7-13(18(22)23)11(3)14(8-12)24-4/h7-8,10H,5-6,9H2,1-4H3,(H,19,20). The molecule has 0 heterocycles. The number of carbonyl (C=O) groups is 2. The van der Waals surface area contributed by atoms with Crippen LogP contribution in [0.2, 0.25) is 0 Å².